The zero-order valence-corrected chi connectivity index (χ0v) is 12.5. The maximum Gasteiger partial charge on any atom is 0.405 e. The number of amides is 2. The number of carboxylic acid groups (broad SMARTS) is 1. The Labute approximate surface area is 128 Å². The van der Waals surface area contributed by atoms with Crippen LogP contribution in [-0.4, -0.2) is 53.4 Å². The van der Waals surface area contributed by atoms with Crippen molar-refractivity contribution in [2.75, 3.05) is 25.5 Å². The highest BCUT2D eigenvalue weighted by Gasteiger charge is 2.21. The molecule has 0 radical (unpaired) electrons. The van der Waals surface area contributed by atoms with E-state index >= 15 is 0 Å². The number of rotatable bonds is 5. The molecule has 1 aliphatic heterocycles. The summed E-state index contributed by atoms with van der Waals surface area (Å²) in [6.07, 6.45) is -0.335. The molecule has 0 fully saturated rings. The van der Waals surface area contributed by atoms with Crippen molar-refractivity contribution in [1.29, 1.82) is 0 Å². The Morgan fingerprint density at radius 1 is 1.36 bits per heavy atom. The molecule has 0 aliphatic carbocycles. The largest absolute Gasteiger partial charge is 0.465 e. The van der Waals surface area contributed by atoms with Gasteiger partial charge in [-0.25, -0.2) is 4.79 Å². The molecule has 0 aromatic heterocycles. The number of aliphatic hydroxyl groups excluding tert-OH is 1. The lowest BCUT2D eigenvalue weighted by atomic mass is 9.99. The molecule has 0 saturated carbocycles. The third kappa shape index (κ3) is 4.19. The summed E-state index contributed by atoms with van der Waals surface area (Å²) in [5, 5.41) is 22.5. The van der Waals surface area contributed by atoms with E-state index in [0.717, 1.165) is 19.5 Å². The Hall–Kier alpha value is -2.12. The van der Waals surface area contributed by atoms with Crippen LogP contribution in [0.3, 0.4) is 0 Å². The Morgan fingerprint density at radius 3 is 2.82 bits per heavy atom. The number of nitrogens with zero attached hydrogens (tertiary/aromatic N) is 1. The van der Waals surface area contributed by atoms with Gasteiger partial charge in [0.15, 0.2) is 0 Å². The molecular formula is C15H21N3O4. The molecule has 22 heavy (non-hydrogen) atoms. The van der Waals surface area contributed by atoms with Crippen molar-refractivity contribution in [1.82, 2.24) is 10.2 Å². The normalized spacial score (nSPS) is 15.7. The average molecular weight is 307 g/mol. The van der Waals surface area contributed by atoms with E-state index in [4.69, 9.17) is 10.2 Å². The van der Waals surface area contributed by atoms with Gasteiger partial charge in [-0.15, -0.1) is 0 Å². The molecule has 7 nitrogen and oxygen atoms in total. The summed E-state index contributed by atoms with van der Waals surface area (Å²) in [6.45, 7) is 1.59. The first-order valence-corrected chi connectivity index (χ1v) is 7.21. The van der Waals surface area contributed by atoms with Crippen molar-refractivity contribution < 1.29 is 19.8 Å². The fraction of sp³-hybridized carbons (Fsp3) is 0.467. The zero-order chi connectivity index (χ0) is 16.1. The van der Waals surface area contributed by atoms with Crippen LogP contribution in [0.1, 0.15) is 17.5 Å². The van der Waals surface area contributed by atoms with Crippen LogP contribution in [0.15, 0.2) is 18.2 Å². The van der Waals surface area contributed by atoms with Gasteiger partial charge >= 0.3 is 6.09 Å². The van der Waals surface area contributed by atoms with Gasteiger partial charge in [0.25, 0.3) is 0 Å². The van der Waals surface area contributed by atoms with Gasteiger partial charge in [-0.05, 0) is 43.1 Å². The number of hydrogen-bond donors (Lipinski definition) is 4. The second kappa shape index (κ2) is 7.24. The maximum absolute atomic E-state index is 12.1. The standard InChI is InChI=1S/C15H21N3O4/c1-18-6-4-10-8-12(3-2-11(10)9-18)16-14(20)13(5-7-19)17-15(21)22/h2-3,8,13,17,19H,4-7,9H2,1H3,(H,16,20)(H,21,22)/t13-/m0/s1. The third-order valence-electron chi connectivity index (χ3n) is 3.71. The van der Waals surface area contributed by atoms with E-state index in [1.807, 2.05) is 18.2 Å². The van der Waals surface area contributed by atoms with E-state index in [1.165, 1.54) is 11.1 Å². The molecule has 2 rings (SSSR count). The van der Waals surface area contributed by atoms with E-state index in [-0.39, 0.29) is 13.0 Å². The Balaban J connectivity index is 2.06. The minimum atomic E-state index is -1.29. The predicted molar refractivity (Wildman–Crippen MR) is 81.8 cm³/mol. The fourth-order valence-electron chi connectivity index (χ4n) is 2.55. The van der Waals surface area contributed by atoms with Crippen LogP contribution < -0.4 is 10.6 Å². The fourth-order valence-corrected chi connectivity index (χ4v) is 2.55. The van der Waals surface area contributed by atoms with Crippen molar-refractivity contribution >= 4 is 17.7 Å². The van der Waals surface area contributed by atoms with Crippen molar-refractivity contribution in [3.05, 3.63) is 29.3 Å². The molecule has 0 unspecified atom stereocenters. The molecule has 1 aliphatic rings. The smallest absolute Gasteiger partial charge is 0.405 e. The van der Waals surface area contributed by atoms with Crippen LogP contribution in [0, 0.1) is 0 Å². The highest BCUT2D eigenvalue weighted by molar-refractivity contribution is 5.96. The molecule has 2 amide bonds. The predicted octanol–water partition coefficient (Wildman–Crippen LogP) is 0.632. The van der Waals surface area contributed by atoms with E-state index in [1.54, 1.807) is 0 Å². The first-order chi connectivity index (χ1) is 10.5. The SMILES string of the molecule is CN1CCc2cc(NC(=O)[C@H](CCO)NC(=O)O)ccc2C1. The van der Waals surface area contributed by atoms with Gasteiger partial charge in [-0.2, -0.15) is 0 Å². The van der Waals surface area contributed by atoms with Crippen molar-refractivity contribution in [2.24, 2.45) is 0 Å². The third-order valence-corrected chi connectivity index (χ3v) is 3.71. The number of fused-ring (bicyclic) bond motifs is 1. The molecule has 0 bridgehead atoms. The highest BCUT2D eigenvalue weighted by Crippen LogP contribution is 2.22. The summed E-state index contributed by atoms with van der Waals surface area (Å²) < 4.78 is 0. The Bertz CT molecular complexity index is 562. The molecule has 0 spiro atoms. The number of carbonyl (C=O) groups is 2. The van der Waals surface area contributed by atoms with Crippen LogP contribution in [0.25, 0.3) is 0 Å². The Kier molecular flexibility index (Phi) is 5.35. The van der Waals surface area contributed by atoms with Crippen LogP contribution in [0.4, 0.5) is 10.5 Å². The van der Waals surface area contributed by atoms with Crippen molar-refractivity contribution in [2.45, 2.75) is 25.4 Å². The summed E-state index contributed by atoms with van der Waals surface area (Å²) in [5.41, 5.74) is 3.08. The van der Waals surface area contributed by atoms with Crippen molar-refractivity contribution in [3.63, 3.8) is 0 Å². The molecule has 7 heteroatoms. The van der Waals surface area contributed by atoms with Crippen LogP contribution in [0.2, 0.25) is 0 Å². The van der Waals surface area contributed by atoms with E-state index in [0.29, 0.717) is 5.69 Å². The molecule has 4 N–H and O–H groups in total. The van der Waals surface area contributed by atoms with Gasteiger partial charge in [0.05, 0.1) is 0 Å². The molecular weight excluding hydrogens is 286 g/mol. The van der Waals surface area contributed by atoms with Gasteiger partial charge in [0.2, 0.25) is 5.91 Å². The van der Waals surface area contributed by atoms with Gasteiger partial charge in [-0.1, -0.05) is 6.07 Å². The van der Waals surface area contributed by atoms with Gasteiger partial charge < -0.3 is 25.7 Å². The summed E-state index contributed by atoms with van der Waals surface area (Å²) in [4.78, 5) is 25.0. The minimum Gasteiger partial charge on any atom is -0.465 e. The molecule has 1 aromatic rings. The lowest BCUT2D eigenvalue weighted by Gasteiger charge is -2.25. The van der Waals surface area contributed by atoms with Crippen LogP contribution >= 0.6 is 0 Å². The lowest BCUT2D eigenvalue weighted by molar-refractivity contribution is -0.118. The van der Waals surface area contributed by atoms with Gasteiger partial charge in [-0.3, -0.25) is 4.79 Å². The summed E-state index contributed by atoms with van der Waals surface area (Å²) in [5.74, 6) is -0.468. The number of anilines is 1. The number of benzene rings is 1. The molecule has 0 saturated heterocycles. The summed E-state index contributed by atoms with van der Waals surface area (Å²) in [6, 6.07) is 4.75. The summed E-state index contributed by atoms with van der Waals surface area (Å²) in [7, 11) is 2.07. The Morgan fingerprint density at radius 2 is 2.14 bits per heavy atom. The second-order valence-corrected chi connectivity index (χ2v) is 5.47. The highest BCUT2D eigenvalue weighted by atomic mass is 16.4. The average Bonchev–Trinajstić information content (AvgIpc) is 2.46. The van der Waals surface area contributed by atoms with E-state index in [2.05, 4.69) is 22.6 Å². The number of likely N-dealkylation sites (N-methyl/N-ethyl adjacent to an activating group) is 1. The molecule has 120 valence electrons. The first kappa shape index (κ1) is 16.3. The van der Waals surface area contributed by atoms with Crippen molar-refractivity contribution in [3.8, 4) is 0 Å². The summed E-state index contributed by atoms with van der Waals surface area (Å²) >= 11 is 0. The lowest BCUT2D eigenvalue weighted by Crippen LogP contribution is -2.43. The number of aliphatic hydroxyl groups is 1. The number of carbonyl (C=O) groups excluding carboxylic acids is 1. The topological polar surface area (TPSA) is 102 Å². The van der Waals surface area contributed by atoms with Gasteiger partial charge in [0, 0.05) is 25.4 Å². The monoisotopic (exact) mass is 307 g/mol. The number of hydrogen-bond acceptors (Lipinski definition) is 4. The molecule has 1 atom stereocenters. The number of nitrogens with one attached hydrogen (secondary N) is 2. The molecule has 1 aromatic carbocycles. The maximum atomic E-state index is 12.1. The zero-order valence-electron chi connectivity index (χ0n) is 12.5. The van der Waals surface area contributed by atoms with E-state index < -0.39 is 18.0 Å². The first-order valence-electron chi connectivity index (χ1n) is 7.21. The van der Waals surface area contributed by atoms with E-state index in [9.17, 15) is 9.59 Å². The van der Waals surface area contributed by atoms with Gasteiger partial charge in [0.1, 0.15) is 6.04 Å². The van der Waals surface area contributed by atoms with Crippen LogP contribution in [0.5, 0.6) is 0 Å². The minimum absolute atomic E-state index is 0.0356. The quantitative estimate of drug-likeness (QED) is 0.639. The van der Waals surface area contributed by atoms with Crippen LogP contribution in [-0.2, 0) is 17.8 Å². The molecule has 1 heterocycles. The second-order valence-electron chi connectivity index (χ2n) is 5.47.